The molecule has 28 heavy (non-hydrogen) atoms. The number of hydrogen-bond donors (Lipinski definition) is 2. The second kappa shape index (κ2) is 7.65. The Bertz CT molecular complexity index is 1210. The molecule has 3 rings (SSSR count). The van der Waals surface area contributed by atoms with Crippen molar-refractivity contribution in [2.45, 2.75) is 6.92 Å². The van der Waals surface area contributed by atoms with E-state index in [4.69, 9.17) is 27.1 Å². The molecule has 0 aliphatic heterocycles. The summed E-state index contributed by atoms with van der Waals surface area (Å²) in [6.07, 6.45) is 2.94. The minimum Gasteiger partial charge on any atom is -0.364 e. The molecule has 0 spiro atoms. The third kappa shape index (κ3) is 3.48. The number of nitrogens with two attached hydrogens (primary N) is 1. The number of carbonyl (C=O) groups excluding carboxylic acids is 1. The molecule has 3 N–H and O–H groups in total. The molecular weight excluding hydrogens is 397 g/mol. The monoisotopic (exact) mass is 413 g/mol. The molecule has 142 valence electrons. The summed E-state index contributed by atoms with van der Waals surface area (Å²) in [7, 11) is -2.39. The number of nitriles is 1. The van der Waals surface area contributed by atoms with Crippen LogP contribution in [0.2, 0.25) is 5.02 Å². The van der Waals surface area contributed by atoms with E-state index in [9.17, 15) is 9.36 Å². The first-order valence-electron chi connectivity index (χ1n) is 8.26. The number of carbonyl (C=O) groups is 1. The third-order valence-corrected chi connectivity index (χ3v) is 7.05. The van der Waals surface area contributed by atoms with E-state index in [-0.39, 0.29) is 11.0 Å². The highest BCUT2D eigenvalue weighted by molar-refractivity contribution is 7.75. The Morgan fingerprint density at radius 1 is 1.32 bits per heavy atom. The third-order valence-electron chi connectivity index (χ3n) is 4.31. The quantitative estimate of drug-likeness (QED) is 0.491. The first-order chi connectivity index (χ1) is 13.3. The van der Waals surface area contributed by atoms with E-state index < -0.39 is 13.3 Å². The van der Waals surface area contributed by atoms with Crippen molar-refractivity contribution in [1.82, 2.24) is 4.98 Å². The van der Waals surface area contributed by atoms with Gasteiger partial charge in [-0.2, -0.15) is 5.26 Å². The fraction of sp³-hybridized carbons (Fsp3) is 0.100. The number of primary amides is 1. The van der Waals surface area contributed by atoms with Crippen molar-refractivity contribution in [3.8, 4) is 6.07 Å². The van der Waals surface area contributed by atoms with E-state index >= 15 is 0 Å². The number of aromatic amines is 1. The highest BCUT2D eigenvalue weighted by Gasteiger charge is 2.35. The SMILES string of the molecule is CO[P@@](=O)(c1cc(C)cc(C=CC#N)c1)c1c(C(N)=O)[nH]c2ccc(Cl)cc12. The maximum atomic E-state index is 14.1. The van der Waals surface area contributed by atoms with Gasteiger partial charge in [-0.15, -0.1) is 0 Å². The van der Waals surface area contributed by atoms with Gasteiger partial charge in [0, 0.05) is 34.4 Å². The number of aryl methyl sites for hydroxylation is 1. The number of aromatic nitrogens is 1. The molecule has 0 aliphatic carbocycles. The number of amides is 1. The lowest BCUT2D eigenvalue weighted by molar-refractivity contribution is 0.0997. The summed E-state index contributed by atoms with van der Waals surface area (Å²) >= 11 is 6.13. The molecule has 0 aliphatic rings. The van der Waals surface area contributed by atoms with Gasteiger partial charge in [0.05, 0.1) is 11.4 Å². The second-order valence-electron chi connectivity index (χ2n) is 6.20. The van der Waals surface area contributed by atoms with E-state index in [1.807, 2.05) is 19.1 Å². The molecule has 1 atom stereocenters. The van der Waals surface area contributed by atoms with Crippen molar-refractivity contribution in [1.29, 1.82) is 5.26 Å². The summed E-state index contributed by atoms with van der Waals surface area (Å²) < 4.78 is 19.6. The molecule has 1 amide bonds. The fourth-order valence-corrected chi connectivity index (χ4v) is 5.63. The average Bonchev–Trinajstić information content (AvgIpc) is 3.04. The van der Waals surface area contributed by atoms with E-state index in [0.29, 0.717) is 26.8 Å². The molecule has 3 aromatic rings. The van der Waals surface area contributed by atoms with Crippen LogP contribution in [0.15, 0.2) is 42.5 Å². The Labute approximate surface area is 167 Å². The van der Waals surface area contributed by atoms with Crippen molar-refractivity contribution >= 4 is 52.5 Å². The Balaban J connectivity index is 2.36. The molecule has 0 saturated heterocycles. The Kier molecular flexibility index (Phi) is 5.44. The summed E-state index contributed by atoms with van der Waals surface area (Å²) in [5.41, 5.74) is 7.64. The normalized spacial score (nSPS) is 13.5. The lowest BCUT2D eigenvalue weighted by atomic mass is 10.1. The molecule has 0 saturated carbocycles. The number of allylic oxidation sites excluding steroid dienone is 1. The summed E-state index contributed by atoms with van der Waals surface area (Å²) in [6.45, 7) is 1.84. The first kappa shape index (κ1) is 19.9. The number of rotatable bonds is 5. The number of hydrogen-bond acceptors (Lipinski definition) is 4. The van der Waals surface area contributed by atoms with Crippen molar-refractivity contribution in [2.75, 3.05) is 7.11 Å². The van der Waals surface area contributed by atoms with Crippen LogP contribution in [0.3, 0.4) is 0 Å². The second-order valence-corrected chi connectivity index (χ2v) is 9.07. The number of halogens is 1. The lowest BCUT2D eigenvalue weighted by Crippen LogP contribution is -2.26. The first-order valence-corrected chi connectivity index (χ1v) is 10.3. The van der Waals surface area contributed by atoms with Crippen LogP contribution in [0.25, 0.3) is 17.0 Å². The molecule has 8 heteroatoms. The van der Waals surface area contributed by atoms with Gasteiger partial charge in [-0.1, -0.05) is 17.7 Å². The molecule has 1 heterocycles. The largest absolute Gasteiger partial charge is 0.364 e. The van der Waals surface area contributed by atoms with Crippen molar-refractivity contribution in [3.63, 3.8) is 0 Å². The maximum absolute atomic E-state index is 14.1. The average molecular weight is 414 g/mol. The van der Waals surface area contributed by atoms with Crippen molar-refractivity contribution in [3.05, 3.63) is 64.3 Å². The van der Waals surface area contributed by atoms with Gasteiger partial charge >= 0.3 is 0 Å². The van der Waals surface area contributed by atoms with Crippen LogP contribution >= 0.6 is 19.0 Å². The lowest BCUT2D eigenvalue weighted by Gasteiger charge is -2.19. The number of nitrogens with one attached hydrogen (secondary N) is 1. The molecule has 2 aromatic carbocycles. The van der Waals surface area contributed by atoms with Gasteiger partial charge < -0.3 is 15.2 Å². The predicted molar refractivity (Wildman–Crippen MR) is 112 cm³/mol. The van der Waals surface area contributed by atoms with Crippen LogP contribution < -0.4 is 16.3 Å². The molecule has 6 nitrogen and oxygen atoms in total. The van der Waals surface area contributed by atoms with E-state index in [2.05, 4.69) is 4.98 Å². The van der Waals surface area contributed by atoms with Gasteiger partial charge in [0.15, 0.2) is 0 Å². The fourth-order valence-electron chi connectivity index (χ4n) is 3.15. The highest BCUT2D eigenvalue weighted by atomic mass is 35.5. The summed E-state index contributed by atoms with van der Waals surface area (Å²) in [5.74, 6) is -0.753. The summed E-state index contributed by atoms with van der Waals surface area (Å²) in [5, 5.41) is 10.3. The topological polar surface area (TPSA) is 109 Å². The summed E-state index contributed by atoms with van der Waals surface area (Å²) in [6, 6.07) is 12.1. The van der Waals surface area contributed by atoms with Crippen LogP contribution in [-0.2, 0) is 9.09 Å². The van der Waals surface area contributed by atoms with Crippen LogP contribution in [0.1, 0.15) is 21.6 Å². The smallest absolute Gasteiger partial charge is 0.266 e. The Morgan fingerprint density at radius 3 is 2.71 bits per heavy atom. The Hall–Kier alpha value is -2.84. The minimum absolute atomic E-state index is 0.0121. The van der Waals surface area contributed by atoms with Crippen molar-refractivity contribution < 1.29 is 13.9 Å². The van der Waals surface area contributed by atoms with Gasteiger partial charge in [-0.25, -0.2) is 0 Å². The van der Waals surface area contributed by atoms with Gasteiger partial charge in [-0.3, -0.25) is 9.36 Å². The van der Waals surface area contributed by atoms with Gasteiger partial charge in [0.2, 0.25) is 0 Å². The number of benzene rings is 2. The van der Waals surface area contributed by atoms with Crippen LogP contribution in [0.5, 0.6) is 0 Å². The van der Waals surface area contributed by atoms with E-state index in [0.717, 1.165) is 5.56 Å². The van der Waals surface area contributed by atoms with Gasteiger partial charge in [-0.05, 0) is 54.5 Å². The maximum Gasteiger partial charge on any atom is 0.266 e. The van der Waals surface area contributed by atoms with Gasteiger partial charge in [0.1, 0.15) is 5.69 Å². The molecule has 1 aromatic heterocycles. The highest BCUT2D eigenvalue weighted by Crippen LogP contribution is 2.47. The zero-order chi connectivity index (χ0) is 20.5. The van der Waals surface area contributed by atoms with Crippen molar-refractivity contribution in [2.24, 2.45) is 5.73 Å². The van der Waals surface area contributed by atoms with Crippen LogP contribution in [0.4, 0.5) is 0 Å². The zero-order valence-electron chi connectivity index (χ0n) is 15.2. The van der Waals surface area contributed by atoms with Crippen LogP contribution in [0, 0.1) is 18.3 Å². The molecule has 0 radical (unpaired) electrons. The van der Waals surface area contributed by atoms with Gasteiger partial charge in [0.25, 0.3) is 13.3 Å². The Morgan fingerprint density at radius 2 is 2.07 bits per heavy atom. The minimum atomic E-state index is -3.71. The van der Waals surface area contributed by atoms with E-state index in [1.54, 1.807) is 36.4 Å². The predicted octanol–water partition coefficient (Wildman–Crippen LogP) is 3.64. The molecular formula is C20H17ClN3O3P. The number of nitrogens with zero attached hydrogens (tertiary/aromatic N) is 1. The molecule has 0 fully saturated rings. The molecule has 0 bridgehead atoms. The molecule has 0 unspecified atom stereocenters. The standard InChI is InChI=1S/C20H17ClN3O3P/c1-12-8-13(4-3-7-22)10-15(9-12)28(26,27-2)19-16-11-14(21)5-6-17(16)24-18(19)20(23)25/h3-6,8-11,24H,1-2H3,(H2,23,25)/t28-/m0/s1. The van der Waals surface area contributed by atoms with E-state index in [1.165, 1.54) is 13.2 Å². The summed E-state index contributed by atoms with van der Waals surface area (Å²) in [4.78, 5) is 15.0. The number of fused-ring (bicyclic) bond motifs is 1. The number of H-pyrrole nitrogens is 1. The van der Waals surface area contributed by atoms with Crippen LogP contribution in [-0.4, -0.2) is 18.0 Å². The zero-order valence-corrected chi connectivity index (χ0v) is 16.8.